The van der Waals surface area contributed by atoms with E-state index in [1.165, 1.54) is 12.4 Å². The molecule has 0 aliphatic carbocycles. The number of allylic oxidation sites excluding steroid dienone is 1. The molecule has 2 aliphatic heterocycles. The van der Waals surface area contributed by atoms with Gasteiger partial charge in [0.2, 0.25) is 11.8 Å². The Morgan fingerprint density at radius 3 is 1.52 bits per heavy atom. The van der Waals surface area contributed by atoms with Crippen molar-refractivity contribution in [2.45, 2.75) is 91.6 Å². The molecule has 2 N–H and O–H groups in total. The van der Waals surface area contributed by atoms with Crippen molar-refractivity contribution in [3.8, 4) is 35.4 Å². The minimum atomic E-state index is -0.909. The molecule has 1 radical (unpaired) electrons. The number of benzene rings is 2. The third-order valence-corrected chi connectivity index (χ3v) is 9.68. The third-order valence-electron chi connectivity index (χ3n) is 9.68. The molecule has 2 aliphatic rings. The van der Waals surface area contributed by atoms with E-state index in [9.17, 15) is 29.7 Å². The van der Waals surface area contributed by atoms with E-state index in [0.717, 1.165) is 27.4 Å². The summed E-state index contributed by atoms with van der Waals surface area (Å²) in [5.74, 6) is 1.26. The number of imide groups is 2. The Labute approximate surface area is 363 Å². The van der Waals surface area contributed by atoms with E-state index in [0.29, 0.717) is 64.2 Å². The summed E-state index contributed by atoms with van der Waals surface area (Å²) in [4.78, 5) is 60.1. The van der Waals surface area contributed by atoms with E-state index in [1.54, 1.807) is 68.4 Å². The average Bonchev–Trinajstić information content (AvgIpc) is 3.60. The number of hydrogen-bond donors (Lipinski definition) is 2. The fourth-order valence-electron chi connectivity index (χ4n) is 5.91. The van der Waals surface area contributed by atoms with Crippen LogP contribution in [0.3, 0.4) is 0 Å². The molecule has 0 saturated carbocycles. The summed E-state index contributed by atoms with van der Waals surface area (Å²) in [6.45, 7) is 22.3. The van der Waals surface area contributed by atoms with Gasteiger partial charge in [-0.25, -0.2) is 29.4 Å². The molecule has 4 heterocycles. The smallest absolute Gasteiger partial charge is 0.329 e. The summed E-state index contributed by atoms with van der Waals surface area (Å²) in [6.07, 6.45) is 4.84. The molecule has 14 nitrogen and oxygen atoms in total. The molecule has 2 fully saturated rings. The minimum absolute atomic E-state index is 0. The van der Waals surface area contributed by atoms with Gasteiger partial charge < -0.3 is 27.0 Å². The van der Waals surface area contributed by atoms with Crippen LogP contribution in [0.1, 0.15) is 103 Å². The number of rotatable bonds is 10. The van der Waals surface area contributed by atoms with E-state index in [2.05, 4.69) is 46.2 Å². The molecule has 311 valence electrons. The van der Waals surface area contributed by atoms with Gasteiger partial charge in [-0.3, -0.25) is 9.59 Å². The van der Waals surface area contributed by atoms with Gasteiger partial charge in [0.25, 0.3) is 11.8 Å². The molecule has 2 atom stereocenters. The molecule has 60 heavy (non-hydrogen) atoms. The maximum Gasteiger partial charge on any atom is 0.329 e. The first kappa shape index (κ1) is 47.9. The number of pyridine rings is 2. The number of nitrogens with one attached hydrogen (secondary N) is 2. The first-order valence-corrected chi connectivity index (χ1v) is 19.1. The van der Waals surface area contributed by atoms with Gasteiger partial charge in [-0.1, -0.05) is 41.2 Å². The number of nitriles is 2. The van der Waals surface area contributed by atoms with E-state index < -0.39 is 23.1 Å². The zero-order valence-corrected chi connectivity index (χ0v) is 36.5. The van der Waals surface area contributed by atoms with E-state index in [4.69, 9.17) is 9.47 Å². The second-order valence-corrected chi connectivity index (χ2v) is 14.5. The summed E-state index contributed by atoms with van der Waals surface area (Å²) in [6, 6.07) is 20.1. The fourth-order valence-corrected chi connectivity index (χ4v) is 5.91. The molecule has 6 rings (SSSR count). The Bertz CT molecular complexity index is 2320. The summed E-state index contributed by atoms with van der Waals surface area (Å²) < 4.78 is 11.5. The van der Waals surface area contributed by atoms with Crippen molar-refractivity contribution < 1.29 is 47.2 Å². The van der Waals surface area contributed by atoms with Crippen molar-refractivity contribution in [2.24, 2.45) is 0 Å². The topological polar surface area (TPSA) is 191 Å². The second kappa shape index (κ2) is 20.5. The van der Waals surface area contributed by atoms with Crippen LogP contribution in [0.4, 0.5) is 21.0 Å². The Kier molecular flexibility index (Phi) is 16.3. The summed E-state index contributed by atoms with van der Waals surface area (Å²) >= 11 is 0. The Morgan fingerprint density at radius 2 is 1.18 bits per heavy atom. The maximum atomic E-state index is 12.6. The molecule has 2 saturated heterocycles. The zero-order valence-electron chi connectivity index (χ0n) is 35.1. The largest absolute Gasteiger partial charge is 0.439 e. The number of ether oxygens (including phenoxy) is 2. The van der Waals surface area contributed by atoms with Gasteiger partial charge >= 0.3 is 12.1 Å². The normalized spacial score (nSPS) is 17.8. The van der Waals surface area contributed by atoms with E-state index in [1.807, 2.05) is 47.6 Å². The summed E-state index contributed by atoms with van der Waals surface area (Å²) in [5, 5.41) is 23.8. The molecule has 0 bridgehead atoms. The van der Waals surface area contributed by atoms with Gasteiger partial charge in [0.15, 0.2) is 0 Å². The van der Waals surface area contributed by atoms with Crippen LogP contribution in [0, 0.1) is 29.6 Å². The predicted molar refractivity (Wildman–Crippen MR) is 225 cm³/mol. The van der Waals surface area contributed by atoms with Crippen molar-refractivity contribution in [2.75, 3.05) is 9.80 Å². The Morgan fingerprint density at radius 1 is 0.767 bits per heavy atom. The molecule has 2 aromatic carbocycles. The van der Waals surface area contributed by atoms with Crippen LogP contribution in [0.5, 0.6) is 23.3 Å². The van der Waals surface area contributed by atoms with Crippen LogP contribution in [-0.4, -0.2) is 44.9 Å². The number of carbonyl (C=O) groups excluding carboxylic acids is 4. The van der Waals surface area contributed by atoms with Crippen LogP contribution in [-0.2, 0) is 28.1 Å². The van der Waals surface area contributed by atoms with Crippen molar-refractivity contribution >= 4 is 40.8 Å². The Hall–Kier alpha value is -6.48. The van der Waals surface area contributed by atoms with Crippen molar-refractivity contribution in [1.29, 1.82) is 10.5 Å². The second-order valence-electron chi connectivity index (χ2n) is 14.5. The standard InChI is InChI=1S/C21H22N4O3.C21H20N4O3.C3H7.V/c2*1-5-21(4)19(26)25(20(27)24-21)15-7-9-18(23-12-15)28-16-8-6-14(11-22)17(10-16)13(2)3;1-3-2;/h6-10,12-13H,5H2,1-4H3,(H,24,27);6-10,12H,2,5H2,1,3-4H3,(H,24,27);1,3H2,2H3;/q;;-1;/t2*21-;;/m11../s1. The fraction of sp³-hybridized carbons (Fsp3) is 0.311. The van der Waals surface area contributed by atoms with Crippen LogP contribution in [0.15, 0.2) is 79.6 Å². The molecule has 2 aromatic heterocycles. The average molecular weight is 849 g/mol. The first-order valence-electron chi connectivity index (χ1n) is 19.1. The predicted octanol–water partition coefficient (Wildman–Crippen LogP) is 9.33. The number of urea groups is 2. The maximum absolute atomic E-state index is 12.6. The molecular weight excluding hydrogens is 799 g/mol. The first-order chi connectivity index (χ1) is 28.0. The number of amides is 6. The molecule has 15 heteroatoms. The van der Waals surface area contributed by atoms with Crippen molar-refractivity contribution in [3.05, 3.63) is 109 Å². The van der Waals surface area contributed by atoms with Gasteiger partial charge in [-0.05, 0) is 105 Å². The number of hydrogen-bond acceptors (Lipinski definition) is 10. The van der Waals surface area contributed by atoms with Gasteiger partial charge in [0.1, 0.15) is 22.6 Å². The third kappa shape index (κ3) is 10.6. The summed E-state index contributed by atoms with van der Waals surface area (Å²) in [7, 11) is 0. The number of carbonyl (C=O) groups is 4. The number of nitrogens with zero attached hydrogens (tertiary/aromatic N) is 6. The molecule has 4 aromatic rings. The van der Waals surface area contributed by atoms with E-state index >= 15 is 0 Å². The number of anilines is 2. The van der Waals surface area contributed by atoms with Crippen molar-refractivity contribution in [1.82, 2.24) is 20.6 Å². The van der Waals surface area contributed by atoms with Gasteiger partial charge in [0, 0.05) is 30.7 Å². The molecule has 0 unspecified atom stereocenters. The number of aromatic nitrogens is 2. The zero-order chi connectivity index (χ0) is 43.7. The van der Waals surface area contributed by atoms with E-state index in [-0.39, 0.29) is 36.3 Å². The monoisotopic (exact) mass is 848 g/mol. The van der Waals surface area contributed by atoms with Crippen LogP contribution in [0.2, 0.25) is 0 Å². The quantitative estimate of drug-likeness (QED) is 0.115. The van der Waals surface area contributed by atoms with Crippen LogP contribution < -0.4 is 29.9 Å². The molecular formula is C45H49N8O6V-. The van der Waals surface area contributed by atoms with Gasteiger partial charge in [0.05, 0.1) is 47.0 Å². The van der Waals surface area contributed by atoms with Crippen molar-refractivity contribution in [3.63, 3.8) is 0 Å². The van der Waals surface area contributed by atoms with Gasteiger partial charge in [-0.2, -0.15) is 16.9 Å². The minimum Gasteiger partial charge on any atom is -0.439 e. The van der Waals surface area contributed by atoms with Gasteiger partial charge in [-0.15, -0.1) is 0 Å². The van der Waals surface area contributed by atoms with Crippen LogP contribution >= 0.6 is 0 Å². The molecule has 6 amide bonds. The van der Waals surface area contributed by atoms with Crippen LogP contribution in [0.25, 0.3) is 5.57 Å². The summed E-state index contributed by atoms with van der Waals surface area (Å²) in [5.41, 5.74) is 2.43. The SMILES string of the molecule is C=C(C)c1cc(Oc2ccc(N3C(=O)N[C@](C)(CC)C3=O)cn2)ccc1C#N.CC[C@@]1(C)NC(=O)N(c2ccc(Oc3ccc(C#N)c(C(C)C)c3)nc2)C1=O.[CH2-]CC.[V]. The Balaban J connectivity index is 0.000000296. The molecule has 0 spiro atoms.